The zero-order valence-corrected chi connectivity index (χ0v) is 28.6. The van der Waals surface area contributed by atoms with E-state index in [1.54, 1.807) is 0 Å². The summed E-state index contributed by atoms with van der Waals surface area (Å²) in [6.07, 6.45) is 20.0. The number of benzene rings is 1. The average molecular weight is 670 g/mol. The molecule has 0 aliphatic carbocycles. The molecular formula is C34H59N3O10. The molecule has 1 rings (SSSR count). The van der Waals surface area contributed by atoms with Crippen molar-refractivity contribution < 1.29 is 38.3 Å². The van der Waals surface area contributed by atoms with E-state index in [0.29, 0.717) is 59.2 Å². The van der Waals surface area contributed by atoms with E-state index >= 15 is 0 Å². The van der Waals surface area contributed by atoms with Crippen LogP contribution >= 0.6 is 0 Å². The van der Waals surface area contributed by atoms with Crippen molar-refractivity contribution in [3.8, 4) is 0 Å². The molecule has 0 heterocycles. The summed E-state index contributed by atoms with van der Waals surface area (Å²) in [6.45, 7) is 5.74. The van der Waals surface area contributed by atoms with E-state index in [4.69, 9.17) is 23.7 Å². The summed E-state index contributed by atoms with van der Waals surface area (Å²) in [5.74, 6) is -0.162. The highest BCUT2D eigenvalue weighted by Crippen LogP contribution is 2.28. The average Bonchev–Trinajstić information content (AvgIpc) is 3.06. The van der Waals surface area contributed by atoms with Gasteiger partial charge >= 0.3 is 5.97 Å². The van der Waals surface area contributed by atoms with Gasteiger partial charge < -0.3 is 29.0 Å². The first-order valence-electron chi connectivity index (χ1n) is 17.6. The van der Waals surface area contributed by atoms with E-state index in [1.165, 1.54) is 95.6 Å². The fraction of sp³-hybridized carbons (Fsp3) is 0.794. The van der Waals surface area contributed by atoms with Crippen LogP contribution < -0.4 is 5.32 Å². The molecular weight excluding hydrogens is 610 g/mol. The molecule has 0 atom stereocenters. The van der Waals surface area contributed by atoms with Gasteiger partial charge in [0.15, 0.2) is 0 Å². The Balaban J connectivity index is 1.79. The number of unbranched alkanes of at least 4 members (excludes halogenated alkanes) is 14. The third-order valence-electron chi connectivity index (χ3n) is 7.54. The van der Waals surface area contributed by atoms with Gasteiger partial charge in [0.2, 0.25) is 0 Å². The van der Waals surface area contributed by atoms with Crippen LogP contribution in [0, 0.1) is 20.2 Å². The summed E-state index contributed by atoms with van der Waals surface area (Å²) in [7, 11) is 0. The molecule has 1 aromatic rings. The van der Waals surface area contributed by atoms with Crippen molar-refractivity contribution in [1.82, 2.24) is 0 Å². The second-order valence-electron chi connectivity index (χ2n) is 11.5. The van der Waals surface area contributed by atoms with E-state index in [-0.39, 0.29) is 36.2 Å². The fourth-order valence-corrected chi connectivity index (χ4v) is 4.88. The van der Waals surface area contributed by atoms with Crippen molar-refractivity contribution >= 4 is 23.0 Å². The molecule has 0 saturated carbocycles. The van der Waals surface area contributed by atoms with Crippen LogP contribution in [0.25, 0.3) is 0 Å². The fourth-order valence-electron chi connectivity index (χ4n) is 4.88. The van der Waals surface area contributed by atoms with E-state index < -0.39 is 9.85 Å². The highest BCUT2D eigenvalue weighted by Gasteiger charge is 2.19. The van der Waals surface area contributed by atoms with E-state index in [9.17, 15) is 25.0 Å². The molecule has 0 unspecified atom stereocenters. The van der Waals surface area contributed by atoms with Crippen LogP contribution in [0.4, 0.5) is 17.1 Å². The summed E-state index contributed by atoms with van der Waals surface area (Å²) in [6, 6.07) is 3.44. The second-order valence-corrected chi connectivity index (χ2v) is 11.5. The minimum Gasteiger partial charge on any atom is -0.463 e. The lowest BCUT2D eigenvalue weighted by Gasteiger charge is -2.09. The summed E-state index contributed by atoms with van der Waals surface area (Å²) >= 11 is 0. The Bertz CT molecular complexity index is 951. The Morgan fingerprint density at radius 3 is 1.53 bits per heavy atom. The van der Waals surface area contributed by atoms with Crippen molar-refractivity contribution in [2.45, 2.75) is 110 Å². The largest absolute Gasteiger partial charge is 0.463 e. The highest BCUT2D eigenvalue weighted by molar-refractivity contribution is 5.69. The third-order valence-corrected chi connectivity index (χ3v) is 7.54. The first-order valence-corrected chi connectivity index (χ1v) is 17.6. The smallest absolute Gasteiger partial charge is 0.305 e. The molecule has 13 heteroatoms. The molecule has 0 aliphatic heterocycles. The van der Waals surface area contributed by atoms with Gasteiger partial charge in [-0.2, -0.15) is 0 Å². The number of carbonyl (C=O) groups is 1. The van der Waals surface area contributed by atoms with Crippen molar-refractivity contribution in [2.24, 2.45) is 0 Å². The predicted octanol–water partition coefficient (Wildman–Crippen LogP) is 7.79. The monoisotopic (exact) mass is 669 g/mol. The minimum absolute atomic E-state index is 0.162. The number of non-ortho nitro benzene ring substituents is 1. The maximum absolute atomic E-state index is 11.9. The van der Waals surface area contributed by atoms with E-state index in [2.05, 4.69) is 12.2 Å². The molecule has 270 valence electrons. The summed E-state index contributed by atoms with van der Waals surface area (Å²) in [4.78, 5) is 32.5. The molecule has 0 amide bonds. The Hall–Kier alpha value is -2.87. The van der Waals surface area contributed by atoms with Crippen LogP contribution in [0.15, 0.2) is 18.2 Å². The van der Waals surface area contributed by atoms with Gasteiger partial charge in [0.25, 0.3) is 11.4 Å². The predicted molar refractivity (Wildman–Crippen MR) is 182 cm³/mol. The van der Waals surface area contributed by atoms with Crippen LogP contribution in [0.2, 0.25) is 0 Å². The van der Waals surface area contributed by atoms with E-state index in [0.717, 1.165) is 18.9 Å². The van der Waals surface area contributed by atoms with Crippen molar-refractivity contribution in [1.29, 1.82) is 0 Å². The Morgan fingerprint density at radius 1 is 0.617 bits per heavy atom. The number of carbonyl (C=O) groups excluding carboxylic acids is 1. The topological polar surface area (TPSA) is 162 Å². The zero-order valence-electron chi connectivity index (χ0n) is 28.6. The lowest BCUT2D eigenvalue weighted by molar-refractivity contribution is -0.393. The maximum Gasteiger partial charge on any atom is 0.305 e. The Labute approximate surface area is 280 Å². The zero-order chi connectivity index (χ0) is 34.2. The van der Waals surface area contributed by atoms with Gasteiger partial charge in [-0.15, -0.1) is 0 Å². The molecule has 0 bridgehead atoms. The quantitative estimate of drug-likeness (QED) is 0.0330. The van der Waals surface area contributed by atoms with Gasteiger partial charge in [-0.3, -0.25) is 25.0 Å². The van der Waals surface area contributed by atoms with E-state index in [1.807, 2.05) is 0 Å². The lowest BCUT2D eigenvalue weighted by Crippen LogP contribution is -2.15. The molecule has 0 saturated heterocycles. The maximum atomic E-state index is 11.9. The van der Waals surface area contributed by atoms with Crippen molar-refractivity contribution in [3.05, 3.63) is 38.4 Å². The Kier molecular flexibility index (Phi) is 27.3. The number of rotatable bonds is 34. The molecule has 1 aromatic carbocycles. The van der Waals surface area contributed by atoms with Crippen LogP contribution in [-0.2, 0) is 28.5 Å². The molecule has 0 aromatic heterocycles. The number of anilines is 1. The van der Waals surface area contributed by atoms with Gasteiger partial charge in [0.05, 0.1) is 68.8 Å². The normalized spacial score (nSPS) is 11.1. The number of nitrogens with one attached hydrogen (secondary N) is 1. The van der Waals surface area contributed by atoms with Gasteiger partial charge in [0, 0.05) is 19.0 Å². The second kappa shape index (κ2) is 30.5. The van der Waals surface area contributed by atoms with Crippen molar-refractivity contribution in [2.75, 3.05) is 71.3 Å². The molecule has 1 N–H and O–H groups in total. The van der Waals surface area contributed by atoms with Crippen LogP contribution in [0.3, 0.4) is 0 Å². The molecule has 0 radical (unpaired) electrons. The number of esters is 1. The molecule has 0 spiro atoms. The summed E-state index contributed by atoms with van der Waals surface area (Å²) in [5, 5.41) is 24.8. The van der Waals surface area contributed by atoms with Crippen LogP contribution in [-0.4, -0.2) is 81.8 Å². The first kappa shape index (κ1) is 42.2. The first-order chi connectivity index (χ1) is 23.0. The standard InChI is InChI=1S/C34H59N3O10/c1-2-3-4-5-6-7-8-9-10-11-12-13-14-15-16-17-34(38)47-29-28-46-27-26-45-25-24-44-23-22-43-21-20-35-32-19-18-31(36(39)40)30-33(32)37(41)42/h18-19,30,35H,2-17,20-29H2,1H3. The molecule has 13 nitrogen and oxygen atoms in total. The van der Waals surface area contributed by atoms with Gasteiger partial charge in [-0.1, -0.05) is 96.8 Å². The van der Waals surface area contributed by atoms with Crippen LogP contribution in [0.1, 0.15) is 110 Å². The van der Waals surface area contributed by atoms with Gasteiger partial charge in [-0.25, -0.2) is 0 Å². The molecule has 0 aliphatic rings. The summed E-state index contributed by atoms with van der Waals surface area (Å²) in [5.41, 5.74) is -0.518. The SMILES string of the molecule is CCCCCCCCCCCCCCCCCC(=O)OCCOCCOCCOCCOCCNc1ccc([N+](=O)[O-])cc1[N+](=O)[O-]. The molecule has 0 fully saturated rings. The highest BCUT2D eigenvalue weighted by atomic mass is 16.6. The number of nitro groups is 2. The van der Waals surface area contributed by atoms with Crippen LogP contribution in [0.5, 0.6) is 0 Å². The van der Waals surface area contributed by atoms with Gasteiger partial charge in [-0.05, 0) is 12.5 Å². The number of nitrogens with zero attached hydrogens (tertiary/aromatic N) is 2. The third kappa shape index (κ3) is 24.9. The Morgan fingerprint density at radius 2 is 1.06 bits per heavy atom. The number of ether oxygens (including phenoxy) is 5. The van der Waals surface area contributed by atoms with Crippen molar-refractivity contribution in [3.63, 3.8) is 0 Å². The van der Waals surface area contributed by atoms with Gasteiger partial charge in [0.1, 0.15) is 12.3 Å². The number of hydrogen-bond donors (Lipinski definition) is 1. The number of nitro benzene ring substituents is 2. The summed E-state index contributed by atoms with van der Waals surface area (Å²) < 4.78 is 26.9. The number of hydrogen-bond acceptors (Lipinski definition) is 11. The molecule has 47 heavy (non-hydrogen) atoms. The minimum atomic E-state index is -0.678. The lowest BCUT2D eigenvalue weighted by atomic mass is 10.0.